The fourth-order valence-electron chi connectivity index (χ4n) is 3.19. The summed E-state index contributed by atoms with van der Waals surface area (Å²) in [6, 6.07) is 20.2. The van der Waals surface area contributed by atoms with E-state index in [1.807, 2.05) is 67.1 Å². The lowest BCUT2D eigenvalue weighted by atomic mass is 9.97. The number of hydrogen-bond acceptors (Lipinski definition) is 2. The molecule has 0 radical (unpaired) electrons. The molecule has 0 aliphatic carbocycles. The summed E-state index contributed by atoms with van der Waals surface area (Å²) in [7, 11) is 0. The molecule has 1 amide bonds. The largest absolute Gasteiger partial charge is 0.352 e. The fraction of sp³-hybridized carbons (Fsp3) is 0.273. The number of nitrogens with one attached hydrogen (secondary N) is 1. The second-order valence-corrected chi connectivity index (χ2v) is 6.69. The molecule has 1 heterocycles. The van der Waals surface area contributed by atoms with Crippen LogP contribution in [0.2, 0.25) is 0 Å². The molecule has 134 valence electrons. The van der Waals surface area contributed by atoms with Gasteiger partial charge in [0.2, 0.25) is 5.91 Å². The standard InChI is InChI=1S/C22H25N3O/c1-16(19-10-6-4-7-11-19)14-22(26)23-15-21-17(2)24-25(18(21)3)20-12-8-5-9-13-20/h4-13,16H,14-15H2,1-3H3,(H,23,26). The Balaban J connectivity index is 1.65. The molecule has 3 rings (SSSR count). The molecule has 1 atom stereocenters. The average Bonchev–Trinajstić information content (AvgIpc) is 2.95. The number of para-hydroxylation sites is 1. The molecule has 1 unspecified atom stereocenters. The number of aryl methyl sites for hydroxylation is 1. The van der Waals surface area contributed by atoms with E-state index >= 15 is 0 Å². The van der Waals surface area contributed by atoms with Gasteiger partial charge < -0.3 is 5.32 Å². The van der Waals surface area contributed by atoms with Crippen LogP contribution in [0.4, 0.5) is 0 Å². The van der Waals surface area contributed by atoms with Gasteiger partial charge >= 0.3 is 0 Å². The molecule has 0 fully saturated rings. The van der Waals surface area contributed by atoms with Crippen LogP contribution in [0.15, 0.2) is 60.7 Å². The molecule has 0 aliphatic heterocycles. The van der Waals surface area contributed by atoms with E-state index in [2.05, 4.69) is 29.5 Å². The molecule has 0 saturated heterocycles. The Labute approximate surface area is 154 Å². The minimum atomic E-state index is 0.0626. The maximum absolute atomic E-state index is 12.4. The maximum Gasteiger partial charge on any atom is 0.220 e. The lowest BCUT2D eigenvalue weighted by Gasteiger charge is -2.12. The van der Waals surface area contributed by atoms with Crippen LogP contribution in [0, 0.1) is 13.8 Å². The SMILES string of the molecule is Cc1nn(-c2ccccc2)c(C)c1CNC(=O)CC(C)c1ccccc1. The van der Waals surface area contributed by atoms with Crippen molar-refractivity contribution in [3.05, 3.63) is 83.2 Å². The Morgan fingerprint density at radius 3 is 2.31 bits per heavy atom. The second kappa shape index (κ2) is 8.00. The lowest BCUT2D eigenvalue weighted by Crippen LogP contribution is -2.24. The van der Waals surface area contributed by atoms with Crippen molar-refractivity contribution in [2.75, 3.05) is 0 Å². The first kappa shape index (κ1) is 17.9. The number of amides is 1. The monoisotopic (exact) mass is 347 g/mol. The Morgan fingerprint density at radius 1 is 1.04 bits per heavy atom. The van der Waals surface area contributed by atoms with Crippen LogP contribution in [-0.2, 0) is 11.3 Å². The van der Waals surface area contributed by atoms with Gasteiger partial charge in [0, 0.05) is 24.2 Å². The van der Waals surface area contributed by atoms with Gasteiger partial charge in [-0.2, -0.15) is 5.10 Å². The number of benzene rings is 2. The van der Waals surface area contributed by atoms with Crippen molar-refractivity contribution in [2.45, 2.75) is 39.7 Å². The molecule has 4 nitrogen and oxygen atoms in total. The number of carbonyl (C=O) groups excluding carboxylic acids is 1. The first-order chi connectivity index (χ1) is 12.6. The third-order valence-electron chi connectivity index (χ3n) is 4.76. The van der Waals surface area contributed by atoms with Crippen LogP contribution in [0.1, 0.15) is 41.8 Å². The number of carbonyl (C=O) groups is 1. The minimum Gasteiger partial charge on any atom is -0.352 e. The van der Waals surface area contributed by atoms with Crippen molar-refractivity contribution >= 4 is 5.91 Å². The Bertz CT molecular complexity index is 869. The molecule has 0 bridgehead atoms. The van der Waals surface area contributed by atoms with Gasteiger partial charge in [0.25, 0.3) is 0 Å². The molecule has 1 N–H and O–H groups in total. The Hall–Kier alpha value is -2.88. The van der Waals surface area contributed by atoms with E-state index in [-0.39, 0.29) is 11.8 Å². The first-order valence-electron chi connectivity index (χ1n) is 8.98. The molecule has 3 aromatic rings. The molecular formula is C22H25N3O. The minimum absolute atomic E-state index is 0.0626. The van der Waals surface area contributed by atoms with Gasteiger partial charge in [-0.15, -0.1) is 0 Å². The summed E-state index contributed by atoms with van der Waals surface area (Å²) in [6.45, 7) is 6.62. The van der Waals surface area contributed by atoms with Crippen LogP contribution < -0.4 is 5.32 Å². The summed E-state index contributed by atoms with van der Waals surface area (Å²) in [4.78, 5) is 12.4. The predicted octanol–water partition coefficient (Wildman–Crippen LogP) is 4.30. The molecule has 0 saturated carbocycles. The predicted molar refractivity (Wildman–Crippen MR) is 104 cm³/mol. The zero-order valence-corrected chi connectivity index (χ0v) is 15.6. The zero-order valence-electron chi connectivity index (χ0n) is 15.6. The van der Waals surface area contributed by atoms with Crippen molar-refractivity contribution in [3.63, 3.8) is 0 Å². The molecule has 4 heteroatoms. The highest BCUT2D eigenvalue weighted by molar-refractivity contribution is 5.76. The highest BCUT2D eigenvalue weighted by Crippen LogP contribution is 2.20. The van der Waals surface area contributed by atoms with Crippen molar-refractivity contribution < 1.29 is 4.79 Å². The van der Waals surface area contributed by atoms with E-state index in [1.165, 1.54) is 5.56 Å². The lowest BCUT2D eigenvalue weighted by molar-refractivity contribution is -0.121. The average molecular weight is 347 g/mol. The van der Waals surface area contributed by atoms with Gasteiger partial charge in [0.1, 0.15) is 0 Å². The summed E-state index contributed by atoms with van der Waals surface area (Å²) >= 11 is 0. The van der Waals surface area contributed by atoms with Crippen molar-refractivity contribution in [2.24, 2.45) is 0 Å². The van der Waals surface area contributed by atoms with E-state index in [0.29, 0.717) is 13.0 Å². The topological polar surface area (TPSA) is 46.9 Å². The zero-order chi connectivity index (χ0) is 18.5. The van der Waals surface area contributed by atoms with Crippen LogP contribution in [0.5, 0.6) is 0 Å². The summed E-state index contributed by atoms with van der Waals surface area (Å²) in [5, 5.41) is 7.69. The molecule has 2 aromatic carbocycles. The van der Waals surface area contributed by atoms with Crippen LogP contribution in [0.25, 0.3) is 5.69 Å². The van der Waals surface area contributed by atoms with Gasteiger partial charge in [-0.3, -0.25) is 4.79 Å². The molecule has 0 aliphatic rings. The van der Waals surface area contributed by atoms with Gasteiger partial charge in [-0.25, -0.2) is 4.68 Å². The van der Waals surface area contributed by atoms with Crippen molar-refractivity contribution in [1.29, 1.82) is 0 Å². The van der Waals surface area contributed by atoms with E-state index in [9.17, 15) is 4.79 Å². The Kier molecular flexibility index (Phi) is 5.52. The van der Waals surface area contributed by atoms with Crippen LogP contribution >= 0.6 is 0 Å². The van der Waals surface area contributed by atoms with Gasteiger partial charge in [-0.1, -0.05) is 55.5 Å². The van der Waals surface area contributed by atoms with Gasteiger partial charge in [-0.05, 0) is 37.5 Å². The number of nitrogens with zero attached hydrogens (tertiary/aromatic N) is 2. The number of hydrogen-bond donors (Lipinski definition) is 1. The highest BCUT2D eigenvalue weighted by Gasteiger charge is 2.15. The second-order valence-electron chi connectivity index (χ2n) is 6.69. The third kappa shape index (κ3) is 4.02. The molecular weight excluding hydrogens is 322 g/mol. The summed E-state index contributed by atoms with van der Waals surface area (Å²) in [6.07, 6.45) is 0.481. The van der Waals surface area contributed by atoms with Crippen LogP contribution in [-0.4, -0.2) is 15.7 Å². The fourth-order valence-corrected chi connectivity index (χ4v) is 3.19. The van der Waals surface area contributed by atoms with Crippen LogP contribution in [0.3, 0.4) is 0 Å². The first-order valence-corrected chi connectivity index (χ1v) is 8.98. The van der Waals surface area contributed by atoms with Crippen molar-refractivity contribution in [3.8, 4) is 5.69 Å². The molecule has 0 spiro atoms. The van der Waals surface area contributed by atoms with E-state index in [1.54, 1.807) is 0 Å². The van der Waals surface area contributed by atoms with E-state index in [0.717, 1.165) is 22.6 Å². The number of aromatic nitrogens is 2. The smallest absolute Gasteiger partial charge is 0.220 e. The molecule has 1 aromatic heterocycles. The van der Waals surface area contributed by atoms with Gasteiger partial charge in [0.15, 0.2) is 0 Å². The van der Waals surface area contributed by atoms with E-state index < -0.39 is 0 Å². The quantitative estimate of drug-likeness (QED) is 0.723. The van der Waals surface area contributed by atoms with Gasteiger partial charge in [0.05, 0.1) is 11.4 Å². The normalized spacial score (nSPS) is 12.0. The highest BCUT2D eigenvalue weighted by atomic mass is 16.1. The van der Waals surface area contributed by atoms with E-state index in [4.69, 9.17) is 0 Å². The summed E-state index contributed by atoms with van der Waals surface area (Å²) in [5.74, 6) is 0.262. The number of rotatable bonds is 6. The summed E-state index contributed by atoms with van der Waals surface area (Å²) < 4.78 is 1.93. The summed E-state index contributed by atoms with van der Waals surface area (Å²) in [5.41, 5.74) is 5.30. The third-order valence-corrected chi connectivity index (χ3v) is 4.76. The Morgan fingerprint density at radius 2 is 1.65 bits per heavy atom. The maximum atomic E-state index is 12.4. The molecule has 26 heavy (non-hydrogen) atoms. The van der Waals surface area contributed by atoms with Crippen molar-refractivity contribution in [1.82, 2.24) is 15.1 Å².